The van der Waals surface area contributed by atoms with Gasteiger partial charge in [-0.25, -0.2) is 4.98 Å². The number of aryl methyl sites for hydroxylation is 1. The van der Waals surface area contributed by atoms with E-state index in [1.165, 1.54) is 0 Å². The van der Waals surface area contributed by atoms with Crippen molar-refractivity contribution >= 4 is 29.2 Å². The number of carbonyl (C=O) groups excluding carboxylic acids is 2. The zero-order valence-corrected chi connectivity index (χ0v) is 22.6. The van der Waals surface area contributed by atoms with Gasteiger partial charge in [0, 0.05) is 30.8 Å². The van der Waals surface area contributed by atoms with E-state index in [0.29, 0.717) is 19.5 Å². The number of thiazole rings is 1. The van der Waals surface area contributed by atoms with Gasteiger partial charge in [-0.05, 0) is 38.3 Å². The highest BCUT2D eigenvalue weighted by Gasteiger charge is 2.53. The number of fused-ring (bicyclic) bond motifs is 1. The highest BCUT2D eigenvalue weighted by atomic mass is 32.1. The highest BCUT2D eigenvalue weighted by Crippen LogP contribution is 2.40. The number of nitrogens with zero attached hydrogens (tertiary/aromatic N) is 1. The molecule has 3 N–H and O–H groups in total. The minimum Gasteiger partial charge on any atom is -0.458 e. The first-order valence-corrected chi connectivity index (χ1v) is 13.2. The van der Waals surface area contributed by atoms with E-state index in [1.54, 1.807) is 32.1 Å². The predicted molar refractivity (Wildman–Crippen MR) is 135 cm³/mol. The smallest absolute Gasteiger partial charge is 0.309 e. The molecule has 9 heteroatoms. The highest BCUT2D eigenvalue weighted by molar-refractivity contribution is 7.09. The molecule has 7 unspecified atom stereocenters. The number of rotatable bonds is 2. The minimum absolute atomic E-state index is 0.108. The third kappa shape index (κ3) is 6.57. The van der Waals surface area contributed by atoms with Gasteiger partial charge in [0.1, 0.15) is 17.5 Å². The van der Waals surface area contributed by atoms with Crippen LogP contribution in [0.25, 0.3) is 6.08 Å². The number of aliphatic hydroxyl groups excluding tert-OH is 2. The van der Waals surface area contributed by atoms with Crippen LogP contribution in [0.4, 0.5) is 0 Å². The van der Waals surface area contributed by atoms with E-state index < -0.39 is 41.2 Å². The molecule has 2 saturated heterocycles. The number of ether oxygens (including phenoxy) is 2. The van der Waals surface area contributed by atoms with Crippen molar-refractivity contribution < 1.29 is 29.3 Å². The van der Waals surface area contributed by atoms with Gasteiger partial charge in [0.15, 0.2) is 0 Å². The first-order valence-electron chi connectivity index (χ1n) is 12.3. The fourth-order valence-corrected chi connectivity index (χ4v) is 5.30. The van der Waals surface area contributed by atoms with Gasteiger partial charge >= 0.3 is 5.97 Å². The summed E-state index contributed by atoms with van der Waals surface area (Å²) in [6.07, 6.45) is -0.710. The maximum absolute atomic E-state index is 13.2. The van der Waals surface area contributed by atoms with Crippen molar-refractivity contribution in [3.05, 3.63) is 21.7 Å². The van der Waals surface area contributed by atoms with Crippen LogP contribution in [0, 0.1) is 24.2 Å². The predicted octanol–water partition coefficient (Wildman–Crippen LogP) is 2.90. The van der Waals surface area contributed by atoms with Crippen LogP contribution in [0.15, 0.2) is 11.0 Å². The second-order valence-corrected chi connectivity index (χ2v) is 12.1. The van der Waals surface area contributed by atoms with E-state index in [4.69, 9.17) is 9.47 Å². The zero-order valence-electron chi connectivity index (χ0n) is 21.8. The molecule has 0 aliphatic carbocycles. The van der Waals surface area contributed by atoms with E-state index in [-0.39, 0.29) is 24.2 Å². The molecule has 35 heavy (non-hydrogen) atoms. The Hall–Kier alpha value is -1.65. The molecule has 0 amide bonds. The zero-order chi connectivity index (χ0) is 26.1. The first kappa shape index (κ1) is 27.9. The van der Waals surface area contributed by atoms with Crippen molar-refractivity contribution in [2.45, 2.75) is 91.3 Å². The second kappa shape index (κ2) is 10.8. The van der Waals surface area contributed by atoms with Crippen LogP contribution in [0.1, 0.15) is 65.1 Å². The lowest BCUT2D eigenvalue weighted by molar-refractivity contribution is -0.154. The average molecular weight is 509 g/mol. The SMILES string of the molecule is CC(=Cc1csc(C)n1)C1CC2OC2(C)CNCC(C)C(O)C(C)C(=O)C(C)(C)C(O)CC(=O)O1. The largest absolute Gasteiger partial charge is 0.458 e. The Balaban J connectivity index is 1.85. The number of Topliss-reactive ketones (excluding diaryl/α,β-unsaturated/α-hetero) is 1. The molecule has 0 spiro atoms. The van der Waals surface area contributed by atoms with Gasteiger partial charge in [-0.3, -0.25) is 9.59 Å². The molecule has 3 heterocycles. The Labute approximate surface area is 212 Å². The van der Waals surface area contributed by atoms with Crippen LogP contribution < -0.4 is 5.32 Å². The van der Waals surface area contributed by atoms with Crippen LogP contribution in [0.2, 0.25) is 0 Å². The monoisotopic (exact) mass is 508 g/mol. The van der Waals surface area contributed by atoms with Gasteiger partial charge in [-0.2, -0.15) is 0 Å². The maximum atomic E-state index is 13.2. The summed E-state index contributed by atoms with van der Waals surface area (Å²) >= 11 is 1.55. The van der Waals surface area contributed by atoms with Crippen LogP contribution in [-0.2, 0) is 19.1 Å². The number of cyclic esters (lactones) is 1. The Morgan fingerprint density at radius 1 is 1.26 bits per heavy atom. The minimum atomic E-state index is -1.24. The molecule has 196 valence electrons. The van der Waals surface area contributed by atoms with Gasteiger partial charge in [0.2, 0.25) is 0 Å². The molecule has 2 aliphatic rings. The number of ketones is 1. The van der Waals surface area contributed by atoms with Crippen LogP contribution >= 0.6 is 11.3 Å². The molecule has 8 nitrogen and oxygen atoms in total. The van der Waals surface area contributed by atoms with E-state index in [0.717, 1.165) is 16.3 Å². The number of hydrogen-bond donors (Lipinski definition) is 3. The summed E-state index contributed by atoms with van der Waals surface area (Å²) in [6, 6.07) is 0. The summed E-state index contributed by atoms with van der Waals surface area (Å²) in [5.74, 6) is -1.74. The quantitative estimate of drug-likeness (QED) is 0.412. The number of aromatic nitrogens is 1. The van der Waals surface area contributed by atoms with Crippen molar-refractivity contribution in [3.63, 3.8) is 0 Å². The standard InChI is InChI=1S/C26H40N2O6S/c1-14(8-18-12-35-17(4)28-18)19-9-21-26(7,34-21)13-27-11-15(2)23(31)16(3)24(32)25(5,6)20(29)10-22(30)33-19/h8,12,15-16,19-21,23,27,29,31H,9-11,13H2,1-7H3. The van der Waals surface area contributed by atoms with Crippen molar-refractivity contribution in [3.8, 4) is 0 Å². The number of carbonyl (C=O) groups is 2. The molecule has 3 rings (SSSR count). The Morgan fingerprint density at radius 3 is 2.57 bits per heavy atom. The maximum Gasteiger partial charge on any atom is 0.309 e. The lowest BCUT2D eigenvalue weighted by atomic mass is 9.73. The summed E-state index contributed by atoms with van der Waals surface area (Å²) in [5.41, 5.74) is 0.0149. The van der Waals surface area contributed by atoms with Gasteiger partial charge < -0.3 is 25.0 Å². The van der Waals surface area contributed by atoms with Crippen LogP contribution in [0.3, 0.4) is 0 Å². The molecule has 0 aromatic carbocycles. The Morgan fingerprint density at radius 2 is 1.94 bits per heavy atom. The Bertz CT molecular complexity index is 959. The van der Waals surface area contributed by atoms with Crippen molar-refractivity contribution in [2.24, 2.45) is 17.3 Å². The van der Waals surface area contributed by atoms with Crippen molar-refractivity contribution in [2.75, 3.05) is 13.1 Å². The molecule has 0 saturated carbocycles. The Kier molecular flexibility index (Phi) is 8.59. The van der Waals surface area contributed by atoms with E-state index in [9.17, 15) is 19.8 Å². The number of epoxide rings is 1. The second-order valence-electron chi connectivity index (χ2n) is 11.0. The van der Waals surface area contributed by atoms with Crippen molar-refractivity contribution in [1.82, 2.24) is 10.3 Å². The summed E-state index contributed by atoms with van der Waals surface area (Å²) in [6.45, 7) is 13.7. The van der Waals surface area contributed by atoms with E-state index in [1.807, 2.05) is 39.2 Å². The third-order valence-corrected chi connectivity index (χ3v) is 8.33. The normalized spacial score (nSPS) is 37.5. The van der Waals surface area contributed by atoms with Gasteiger partial charge in [-0.1, -0.05) is 27.7 Å². The average Bonchev–Trinajstić information content (AvgIpc) is 3.22. The van der Waals surface area contributed by atoms with E-state index in [2.05, 4.69) is 10.3 Å². The third-order valence-electron chi connectivity index (χ3n) is 7.54. The van der Waals surface area contributed by atoms with Crippen LogP contribution in [0.5, 0.6) is 0 Å². The number of nitrogens with one attached hydrogen (secondary N) is 1. The lowest BCUT2D eigenvalue weighted by Gasteiger charge is -2.34. The molecule has 2 fully saturated rings. The summed E-state index contributed by atoms with van der Waals surface area (Å²) in [4.78, 5) is 30.6. The van der Waals surface area contributed by atoms with Crippen LogP contribution in [-0.4, -0.2) is 70.1 Å². The summed E-state index contributed by atoms with van der Waals surface area (Å²) < 4.78 is 11.8. The molecule has 1 aromatic heterocycles. The van der Waals surface area contributed by atoms with Crippen molar-refractivity contribution in [1.29, 1.82) is 0 Å². The topological polar surface area (TPSA) is 121 Å². The lowest BCUT2D eigenvalue weighted by Crippen LogP contribution is -2.47. The van der Waals surface area contributed by atoms with E-state index >= 15 is 0 Å². The molecule has 2 aliphatic heterocycles. The fraction of sp³-hybridized carbons (Fsp3) is 0.731. The molecule has 1 aromatic rings. The molecule has 0 radical (unpaired) electrons. The summed E-state index contributed by atoms with van der Waals surface area (Å²) in [7, 11) is 0. The molecule has 0 bridgehead atoms. The summed E-state index contributed by atoms with van der Waals surface area (Å²) in [5, 5.41) is 27.9. The number of esters is 1. The molecule has 7 atom stereocenters. The molecular weight excluding hydrogens is 468 g/mol. The number of hydrogen-bond acceptors (Lipinski definition) is 9. The molecular formula is C26H40N2O6S. The number of aliphatic hydroxyl groups is 2. The first-order chi connectivity index (χ1) is 16.2. The van der Waals surface area contributed by atoms with Gasteiger partial charge in [-0.15, -0.1) is 11.3 Å². The fourth-order valence-electron chi connectivity index (χ4n) is 4.73. The van der Waals surface area contributed by atoms with Gasteiger partial charge in [0.05, 0.1) is 40.8 Å². The van der Waals surface area contributed by atoms with Gasteiger partial charge in [0.25, 0.3) is 0 Å².